The highest BCUT2D eigenvalue weighted by Gasteiger charge is 2.28. The summed E-state index contributed by atoms with van der Waals surface area (Å²) < 4.78 is 33.6. The van der Waals surface area contributed by atoms with E-state index in [1.54, 1.807) is 6.07 Å². The minimum absolute atomic E-state index is 0.0107. The van der Waals surface area contributed by atoms with Crippen molar-refractivity contribution >= 4 is 21.6 Å². The third-order valence-corrected chi connectivity index (χ3v) is 6.05. The molecule has 1 N–H and O–H groups in total. The molecule has 0 amide bonds. The topological polar surface area (TPSA) is 58.6 Å². The van der Waals surface area contributed by atoms with Crippen LogP contribution in [0.25, 0.3) is 0 Å². The van der Waals surface area contributed by atoms with Crippen LogP contribution < -0.4 is 9.46 Å². The lowest BCUT2D eigenvalue weighted by molar-refractivity contribution is 0.248. The lowest BCUT2D eigenvalue weighted by atomic mass is 10.1. The van der Waals surface area contributed by atoms with Crippen molar-refractivity contribution in [1.29, 1.82) is 0 Å². The van der Waals surface area contributed by atoms with Crippen LogP contribution in [0.5, 0.6) is 5.75 Å². The van der Waals surface area contributed by atoms with E-state index in [-0.39, 0.29) is 17.0 Å². The van der Waals surface area contributed by atoms with Crippen LogP contribution in [0.4, 0.5) is 0 Å². The van der Waals surface area contributed by atoms with Crippen molar-refractivity contribution < 1.29 is 13.2 Å². The van der Waals surface area contributed by atoms with Gasteiger partial charge >= 0.3 is 0 Å². The van der Waals surface area contributed by atoms with Crippen molar-refractivity contribution in [3.05, 3.63) is 22.7 Å². The molecule has 1 aromatic rings. The fourth-order valence-corrected chi connectivity index (χ4v) is 4.76. The first-order valence-corrected chi connectivity index (χ1v) is 9.41. The number of nitrogens with one attached hydrogen (secondary N) is 1. The second kappa shape index (κ2) is 6.00. The van der Waals surface area contributed by atoms with Crippen LogP contribution in [-0.4, -0.2) is 45.6 Å². The van der Waals surface area contributed by atoms with E-state index in [1.165, 1.54) is 6.07 Å². The smallest absolute Gasteiger partial charge is 0.240 e. The number of likely N-dealkylation sites (tertiary alicyclic amines) is 1. The number of benzene rings is 1. The molecular formula is C15H21ClN2O3S. The van der Waals surface area contributed by atoms with Gasteiger partial charge in [-0.25, -0.2) is 13.1 Å². The highest BCUT2D eigenvalue weighted by molar-refractivity contribution is 7.89. The number of hydrogen-bond donors (Lipinski definition) is 1. The van der Waals surface area contributed by atoms with Gasteiger partial charge in [0, 0.05) is 18.0 Å². The van der Waals surface area contributed by atoms with E-state index < -0.39 is 10.0 Å². The predicted molar refractivity (Wildman–Crippen MR) is 86.1 cm³/mol. The standard InChI is InChI=1S/C15H21ClN2O3S/c1-10-7-11-8-13(9-14(16)15(11)21-10)22(19,20)17-12-3-5-18(2)6-4-12/h8-10,12,17H,3-7H2,1-2H3. The summed E-state index contributed by atoms with van der Waals surface area (Å²) in [7, 11) is -1.50. The molecule has 0 bridgehead atoms. The van der Waals surface area contributed by atoms with E-state index in [0.29, 0.717) is 17.2 Å². The van der Waals surface area contributed by atoms with Gasteiger partial charge in [0.05, 0.1) is 9.92 Å². The zero-order valence-corrected chi connectivity index (χ0v) is 14.4. The molecule has 2 aliphatic heterocycles. The van der Waals surface area contributed by atoms with Crippen molar-refractivity contribution in [3.63, 3.8) is 0 Å². The SMILES string of the molecule is CC1Cc2cc(S(=O)(=O)NC3CCN(C)CC3)cc(Cl)c2O1. The van der Waals surface area contributed by atoms with Gasteiger partial charge in [-0.1, -0.05) is 11.6 Å². The van der Waals surface area contributed by atoms with E-state index in [1.807, 2.05) is 14.0 Å². The van der Waals surface area contributed by atoms with Gasteiger partial charge in [-0.3, -0.25) is 0 Å². The van der Waals surface area contributed by atoms with Crippen molar-refractivity contribution in [2.45, 2.75) is 43.2 Å². The molecule has 1 aromatic carbocycles. The Morgan fingerprint density at radius 1 is 1.32 bits per heavy atom. The van der Waals surface area contributed by atoms with Gasteiger partial charge in [-0.2, -0.15) is 0 Å². The number of nitrogens with zero attached hydrogens (tertiary/aromatic N) is 1. The zero-order chi connectivity index (χ0) is 15.9. The average molecular weight is 345 g/mol. The molecule has 122 valence electrons. The van der Waals surface area contributed by atoms with Crippen molar-refractivity contribution in [1.82, 2.24) is 9.62 Å². The molecule has 0 spiro atoms. The molecular weight excluding hydrogens is 324 g/mol. The molecule has 0 aliphatic carbocycles. The van der Waals surface area contributed by atoms with Crippen LogP contribution >= 0.6 is 11.6 Å². The number of rotatable bonds is 3. The first-order valence-electron chi connectivity index (χ1n) is 7.55. The summed E-state index contributed by atoms with van der Waals surface area (Å²) in [6, 6.07) is 3.15. The monoisotopic (exact) mass is 344 g/mol. The Balaban J connectivity index is 1.81. The molecule has 2 heterocycles. The Hall–Kier alpha value is -0.820. The number of ether oxygens (including phenoxy) is 1. The molecule has 1 saturated heterocycles. The molecule has 1 fully saturated rings. The first kappa shape index (κ1) is 16.1. The minimum Gasteiger partial charge on any atom is -0.489 e. The normalized spacial score (nSPS) is 23.3. The lowest BCUT2D eigenvalue weighted by Gasteiger charge is -2.29. The Morgan fingerprint density at radius 2 is 2.00 bits per heavy atom. The van der Waals surface area contributed by atoms with Gasteiger partial charge in [0.2, 0.25) is 10.0 Å². The Morgan fingerprint density at radius 3 is 2.68 bits per heavy atom. The van der Waals surface area contributed by atoms with Crippen LogP contribution in [-0.2, 0) is 16.4 Å². The maximum atomic E-state index is 12.6. The fourth-order valence-electron chi connectivity index (χ4n) is 3.03. The summed E-state index contributed by atoms with van der Waals surface area (Å²) >= 11 is 6.18. The van der Waals surface area contributed by atoms with E-state index in [0.717, 1.165) is 31.5 Å². The third-order valence-electron chi connectivity index (χ3n) is 4.27. The molecule has 7 heteroatoms. The average Bonchev–Trinajstić information content (AvgIpc) is 2.82. The molecule has 0 saturated carbocycles. The van der Waals surface area contributed by atoms with Crippen LogP contribution in [0.1, 0.15) is 25.3 Å². The molecule has 0 radical (unpaired) electrons. The molecule has 5 nitrogen and oxygen atoms in total. The van der Waals surface area contributed by atoms with Crippen molar-refractivity contribution in [2.24, 2.45) is 0 Å². The number of fused-ring (bicyclic) bond motifs is 1. The quantitative estimate of drug-likeness (QED) is 0.911. The Labute approximate surface area is 136 Å². The molecule has 3 rings (SSSR count). The molecule has 1 atom stereocenters. The molecule has 0 aromatic heterocycles. The summed E-state index contributed by atoms with van der Waals surface area (Å²) in [5.41, 5.74) is 0.865. The summed E-state index contributed by atoms with van der Waals surface area (Å²) in [6.07, 6.45) is 2.38. The fraction of sp³-hybridized carbons (Fsp3) is 0.600. The van der Waals surface area contributed by atoms with E-state index in [4.69, 9.17) is 16.3 Å². The number of halogens is 1. The van der Waals surface area contributed by atoms with Crippen LogP contribution in [0, 0.1) is 0 Å². The van der Waals surface area contributed by atoms with E-state index in [2.05, 4.69) is 9.62 Å². The summed E-state index contributed by atoms with van der Waals surface area (Å²) in [5.74, 6) is 0.618. The van der Waals surface area contributed by atoms with Crippen LogP contribution in [0.2, 0.25) is 5.02 Å². The second-order valence-electron chi connectivity index (χ2n) is 6.22. The maximum absolute atomic E-state index is 12.6. The molecule has 22 heavy (non-hydrogen) atoms. The highest BCUT2D eigenvalue weighted by atomic mass is 35.5. The highest BCUT2D eigenvalue weighted by Crippen LogP contribution is 2.38. The minimum atomic E-state index is -3.55. The van der Waals surface area contributed by atoms with E-state index >= 15 is 0 Å². The molecule has 2 aliphatic rings. The van der Waals surface area contributed by atoms with Gasteiger partial charge in [0.25, 0.3) is 0 Å². The maximum Gasteiger partial charge on any atom is 0.240 e. The van der Waals surface area contributed by atoms with Crippen molar-refractivity contribution in [3.8, 4) is 5.75 Å². The zero-order valence-electron chi connectivity index (χ0n) is 12.8. The lowest BCUT2D eigenvalue weighted by Crippen LogP contribution is -2.43. The molecule has 1 unspecified atom stereocenters. The van der Waals surface area contributed by atoms with Gasteiger partial charge < -0.3 is 9.64 Å². The number of hydrogen-bond acceptors (Lipinski definition) is 4. The van der Waals surface area contributed by atoms with Gasteiger partial charge in [-0.05, 0) is 52.0 Å². The summed E-state index contributed by atoms with van der Waals surface area (Å²) in [4.78, 5) is 2.43. The van der Waals surface area contributed by atoms with Crippen molar-refractivity contribution in [2.75, 3.05) is 20.1 Å². The first-order chi connectivity index (χ1) is 10.3. The van der Waals surface area contributed by atoms with E-state index in [9.17, 15) is 8.42 Å². The predicted octanol–water partition coefficient (Wildman–Crippen LogP) is 2.04. The van der Waals surface area contributed by atoms with Crippen LogP contribution in [0.3, 0.4) is 0 Å². The summed E-state index contributed by atoms with van der Waals surface area (Å²) in [5, 5.41) is 0.366. The van der Waals surface area contributed by atoms with Gasteiger partial charge in [0.1, 0.15) is 11.9 Å². The second-order valence-corrected chi connectivity index (χ2v) is 8.35. The largest absolute Gasteiger partial charge is 0.489 e. The number of sulfonamides is 1. The Kier molecular flexibility index (Phi) is 4.38. The van der Waals surface area contributed by atoms with Crippen LogP contribution in [0.15, 0.2) is 17.0 Å². The van der Waals surface area contributed by atoms with Gasteiger partial charge in [-0.15, -0.1) is 0 Å². The third kappa shape index (κ3) is 3.25. The summed E-state index contributed by atoms with van der Waals surface area (Å²) in [6.45, 7) is 3.76. The number of piperidine rings is 1. The van der Waals surface area contributed by atoms with Gasteiger partial charge in [0.15, 0.2) is 0 Å². The Bertz CT molecular complexity index is 670.